The quantitative estimate of drug-likeness (QED) is 0.831. The highest BCUT2D eigenvalue weighted by Gasteiger charge is 2.36. The minimum absolute atomic E-state index is 0.0247. The molecule has 1 aromatic rings. The third-order valence-electron chi connectivity index (χ3n) is 5.13. The molecule has 3 atom stereocenters. The molecule has 1 fully saturated rings. The van der Waals surface area contributed by atoms with Crippen LogP contribution in [0.4, 0.5) is 13.2 Å². The summed E-state index contributed by atoms with van der Waals surface area (Å²) in [6.45, 7) is 3.02. The van der Waals surface area contributed by atoms with Gasteiger partial charge in [0, 0.05) is 32.8 Å². The number of carbonyl (C=O) groups is 1. The van der Waals surface area contributed by atoms with E-state index in [1.165, 1.54) is 0 Å². The number of aromatic nitrogens is 2. The Labute approximate surface area is 145 Å². The second-order valence-electron chi connectivity index (χ2n) is 7.05. The van der Waals surface area contributed by atoms with Crippen molar-refractivity contribution in [1.29, 1.82) is 0 Å². The molecule has 1 aromatic heterocycles. The van der Waals surface area contributed by atoms with E-state index >= 15 is 0 Å². The lowest BCUT2D eigenvalue weighted by molar-refractivity contribution is -0.142. The molecule has 3 rings (SSSR count). The van der Waals surface area contributed by atoms with Crippen molar-refractivity contribution >= 4 is 5.91 Å². The van der Waals surface area contributed by atoms with Crippen LogP contribution in [0.25, 0.3) is 0 Å². The molecule has 0 aromatic carbocycles. The van der Waals surface area contributed by atoms with E-state index in [0.717, 1.165) is 31.9 Å². The number of imidazole rings is 1. The summed E-state index contributed by atoms with van der Waals surface area (Å²) in [5.74, 6) is 0.575. The molecule has 0 unspecified atom stereocenters. The first kappa shape index (κ1) is 18.2. The molecule has 0 N–H and O–H groups in total. The third kappa shape index (κ3) is 3.99. The van der Waals surface area contributed by atoms with Crippen LogP contribution in [0.15, 0.2) is 6.20 Å². The average Bonchev–Trinajstić information content (AvgIpc) is 3.19. The summed E-state index contributed by atoms with van der Waals surface area (Å²) in [5.41, 5.74) is -0.836. The van der Waals surface area contributed by atoms with Gasteiger partial charge in [-0.25, -0.2) is 4.98 Å². The van der Waals surface area contributed by atoms with E-state index in [4.69, 9.17) is 4.74 Å². The summed E-state index contributed by atoms with van der Waals surface area (Å²) < 4.78 is 45.7. The number of likely N-dealkylation sites (N-methyl/N-ethyl adjacent to an activating group) is 1. The average molecular weight is 359 g/mol. The van der Waals surface area contributed by atoms with Crippen molar-refractivity contribution in [2.45, 2.75) is 64.0 Å². The fourth-order valence-electron chi connectivity index (χ4n) is 3.71. The van der Waals surface area contributed by atoms with Crippen LogP contribution in [0.2, 0.25) is 0 Å². The van der Waals surface area contributed by atoms with Gasteiger partial charge < -0.3 is 14.2 Å². The number of hydrogen-bond donors (Lipinski definition) is 0. The molecule has 0 spiro atoms. The van der Waals surface area contributed by atoms with Crippen molar-refractivity contribution in [2.24, 2.45) is 5.92 Å². The van der Waals surface area contributed by atoms with Crippen molar-refractivity contribution in [3.63, 3.8) is 0 Å². The van der Waals surface area contributed by atoms with Crippen molar-refractivity contribution in [3.8, 4) is 0 Å². The van der Waals surface area contributed by atoms with Gasteiger partial charge in [0.1, 0.15) is 11.9 Å². The van der Waals surface area contributed by atoms with Crippen LogP contribution >= 0.6 is 0 Å². The predicted octanol–water partition coefficient (Wildman–Crippen LogP) is 2.88. The van der Waals surface area contributed by atoms with Gasteiger partial charge >= 0.3 is 6.18 Å². The zero-order valence-corrected chi connectivity index (χ0v) is 14.6. The third-order valence-corrected chi connectivity index (χ3v) is 5.13. The van der Waals surface area contributed by atoms with E-state index in [-0.39, 0.29) is 24.0 Å². The van der Waals surface area contributed by atoms with E-state index in [0.29, 0.717) is 25.3 Å². The van der Waals surface area contributed by atoms with Crippen LogP contribution in [0.1, 0.15) is 44.1 Å². The van der Waals surface area contributed by atoms with Crippen LogP contribution in [-0.2, 0) is 28.7 Å². The molecule has 0 saturated carbocycles. The first-order chi connectivity index (χ1) is 11.8. The predicted molar refractivity (Wildman–Crippen MR) is 84.9 cm³/mol. The lowest BCUT2D eigenvalue weighted by Gasteiger charge is -2.29. The van der Waals surface area contributed by atoms with Gasteiger partial charge in [0.2, 0.25) is 0 Å². The first-order valence-electron chi connectivity index (χ1n) is 8.81. The molecule has 0 bridgehead atoms. The molecule has 5 nitrogen and oxygen atoms in total. The van der Waals surface area contributed by atoms with Gasteiger partial charge in [0.05, 0.1) is 6.10 Å². The maximum atomic E-state index is 12.8. The molecule has 0 radical (unpaired) electrons. The molecule has 8 heteroatoms. The van der Waals surface area contributed by atoms with Gasteiger partial charge in [-0.05, 0) is 31.6 Å². The Morgan fingerprint density at radius 2 is 2.16 bits per heavy atom. The fraction of sp³-hybridized carbons (Fsp3) is 0.765. The Balaban J connectivity index is 1.57. The van der Waals surface area contributed by atoms with Gasteiger partial charge in [0.15, 0.2) is 5.69 Å². The van der Waals surface area contributed by atoms with Crippen LogP contribution in [0, 0.1) is 5.92 Å². The Kier molecular flexibility index (Phi) is 5.09. The summed E-state index contributed by atoms with van der Waals surface area (Å²) in [6, 6.07) is 0. The van der Waals surface area contributed by atoms with Crippen molar-refractivity contribution in [2.75, 3.05) is 13.6 Å². The van der Waals surface area contributed by atoms with Gasteiger partial charge in [-0.1, -0.05) is 6.92 Å². The summed E-state index contributed by atoms with van der Waals surface area (Å²) in [7, 11) is 1.75. The number of carbonyl (C=O) groups excluding carboxylic acids is 1. The topological polar surface area (TPSA) is 47.4 Å². The zero-order valence-electron chi connectivity index (χ0n) is 14.6. The number of halogens is 3. The highest BCUT2D eigenvalue weighted by Crippen LogP contribution is 2.31. The molecule has 0 aliphatic carbocycles. The molecule has 1 amide bonds. The highest BCUT2D eigenvalue weighted by atomic mass is 19.4. The largest absolute Gasteiger partial charge is 0.434 e. The van der Waals surface area contributed by atoms with E-state index in [9.17, 15) is 18.0 Å². The fourth-order valence-corrected chi connectivity index (χ4v) is 3.71. The minimum Gasteiger partial charge on any atom is -0.365 e. The summed E-state index contributed by atoms with van der Waals surface area (Å²) in [6.07, 6.45) is 0.231. The number of ether oxygens (including phenoxy) is 1. The molecule has 1 saturated heterocycles. The number of aryl methyl sites for hydroxylation is 1. The van der Waals surface area contributed by atoms with Crippen molar-refractivity contribution < 1.29 is 22.7 Å². The van der Waals surface area contributed by atoms with Crippen LogP contribution < -0.4 is 0 Å². The highest BCUT2D eigenvalue weighted by molar-refractivity contribution is 5.81. The number of nitrogens with zero attached hydrogens (tertiary/aromatic N) is 3. The van der Waals surface area contributed by atoms with Gasteiger partial charge in [-0.2, -0.15) is 13.2 Å². The second-order valence-corrected chi connectivity index (χ2v) is 7.05. The number of alkyl halides is 3. The summed E-state index contributed by atoms with van der Waals surface area (Å²) in [5, 5.41) is 0. The van der Waals surface area contributed by atoms with Crippen LogP contribution in [0.5, 0.6) is 0 Å². The Hall–Kier alpha value is -1.57. The van der Waals surface area contributed by atoms with E-state index in [1.54, 1.807) is 16.5 Å². The zero-order chi connectivity index (χ0) is 18.2. The van der Waals surface area contributed by atoms with E-state index < -0.39 is 11.9 Å². The first-order valence-corrected chi connectivity index (χ1v) is 8.81. The Bertz CT molecular complexity index is 629. The van der Waals surface area contributed by atoms with Crippen molar-refractivity contribution in [1.82, 2.24) is 14.5 Å². The molecule has 3 heterocycles. The monoisotopic (exact) mass is 359 g/mol. The smallest absolute Gasteiger partial charge is 0.365 e. The van der Waals surface area contributed by atoms with Crippen LogP contribution in [-0.4, -0.2) is 46.2 Å². The maximum absolute atomic E-state index is 12.8. The second kappa shape index (κ2) is 6.97. The molecule has 2 aliphatic heterocycles. The van der Waals surface area contributed by atoms with Gasteiger partial charge in [-0.3, -0.25) is 4.79 Å². The molecule has 2 aliphatic rings. The summed E-state index contributed by atoms with van der Waals surface area (Å²) >= 11 is 0. The Morgan fingerprint density at radius 1 is 1.40 bits per heavy atom. The van der Waals surface area contributed by atoms with E-state index in [1.807, 2.05) is 6.92 Å². The van der Waals surface area contributed by atoms with Crippen molar-refractivity contribution in [3.05, 3.63) is 17.7 Å². The lowest BCUT2D eigenvalue weighted by Crippen LogP contribution is -2.40. The van der Waals surface area contributed by atoms with Crippen LogP contribution in [0.3, 0.4) is 0 Å². The minimum atomic E-state index is -4.41. The molecule has 25 heavy (non-hydrogen) atoms. The summed E-state index contributed by atoms with van der Waals surface area (Å²) in [4.78, 5) is 17.9. The number of rotatable bonds is 4. The normalized spacial score (nSPS) is 26.5. The van der Waals surface area contributed by atoms with Gasteiger partial charge in [-0.15, -0.1) is 0 Å². The lowest BCUT2D eigenvalue weighted by atomic mass is 9.98. The molecule has 140 valence electrons. The number of amides is 1. The SMILES string of the molecule is CC[C@@H]1CC[C@H](C(=O)N(C)C[C@H]2CCc3nc(C(F)(F)F)cn3C2)O1. The Morgan fingerprint density at radius 3 is 2.80 bits per heavy atom. The number of hydrogen-bond acceptors (Lipinski definition) is 3. The number of fused-ring (bicyclic) bond motifs is 1. The molecular weight excluding hydrogens is 335 g/mol. The van der Waals surface area contributed by atoms with E-state index in [2.05, 4.69) is 4.98 Å². The van der Waals surface area contributed by atoms with Gasteiger partial charge in [0.25, 0.3) is 5.91 Å². The molecular formula is C17H24F3N3O2. The maximum Gasteiger partial charge on any atom is 0.434 e. The standard InChI is InChI=1S/C17H24F3N3O2/c1-3-12-5-6-13(25-12)16(24)22(2)8-11-4-7-15-21-14(17(18,19)20)10-23(15)9-11/h10-13H,3-9H2,1-2H3/t11-,12-,13-/m1/s1.